The fraction of sp³-hybridized carbons (Fsp3) is 0.694. The summed E-state index contributed by atoms with van der Waals surface area (Å²) in [6, 6.07) is 6.97. The topological polar surface area (TPSA) is 101 Å². The summed E-state index contributed by atoms with van der Waals surface area (Å²) < 4.78 is 19.5. The Hall–Kier alpha value is -3.05. The van der Waals surface area contributed by atoms with E-state index in [0.717, 1.165) is 62.5 Å². The molecule has 1 N–H and O–H groups in total. The molecule has 11 heteroatoms. The van der Waals surface area contributed by atoms with E-state index in [1.54, 1.807) is 21.7 Å². The smallest absolute Gasteiger partial charge is 0.444 e. The van der Waals surface area contributed by atoms with Crippen molar-refractivity contribution in [3.8, 4) is 0 Å². The highest BCUT2D eigenvalue weighted by atomic mass is 16.7. The summed E-state index contributed by atoms with van der Waals surface area (Å²) in [5.41, 5.74) is 2.07. The molecular weight excluding hydrogens is 595 g/mol. The Morgan fingerprint density at radius 1 is 1.00 bits per heavy atom. The number of benzene rings is 1. The van der Waals surface area contributed by atoms with Gasteiger partial charge in [-0.25, -0.2) is 9.59 Å². The van der Waals surface area contributed by atoms with Gasteiger partial charge in [0, 0.05) is 33.1 Å². The number of fused-ring (bicyclic) bond motifs is 2. The first-order chi connectivity index (χ1) is 22.5. The Kier molecular flexibility index (Phi) is 8.83. The molecule has 4 aliphatic heterocycles. The van der Waals surface area contributed by atoms with E-state index in [1.807, 2.05) is 30.3 Å². The summed E-state index contributed by atoms with van der Waals surface area (Å²) in [4.78, 5) is 46.2. The maximum atomic E-state index is 14.2. The number of nitrogens with one attached hydrogen (secondary N) is 1. The standard InChI is InChI=1S/C36H51BN4O6/c1-35(2)26-18-29(35)36(3)30(19-26)46-37(47-36)31-16-10-8-6-5-7-9-13-17-39(4)33(43)41-23-27(20-28(41)32(42)38-31)45-34(44)40-21-24-14-11-12-15-25(24)22-40/h9,11-15,26-31H,5-8,10,16-23H2,1-4H3,(H,38,42)/b13-9+/t26-,27+,28-,29-,30?,31-,36+/m0/s1. The second-order valence-corrected chi connectivity index (χ2v) is 15.6. The van der Waals surface area contributed by atoms with Crippen molar-refractivity contribution in [3.05, 3.63) is 47.5 Å². The van der Waals surface area contributed by atoms with Crippen LogP contribution in [-0.4, -0.2) is 89.8 Å². The van der Waals surface area contributed by atoms with E-state index in [-0.39, 0.29) is 48.0 Å². The Balaban J connectivity index is 1.08. The lowest BCUT2D eigenvalue weighted by Crippen LogP contribution is -2.65. The summed E-state index contributed by atoms with van der Waals surface area (Å²) in [5, 5.41) is 3.30. The number of carbonyl (C=O) groups excluding carboxylic acids is 3. The molecule has 2 bridgehead atoms. The van der Waals surface area contributed by atoms with E-state index < -0.39 is 25.4 Å². The fourth-order valence-corrected chi connectivity index (χ4v) is 9.28. The molecule has 3 saturated carbocycles. The average molecular weight is 647 g/mol. The lowest BCUT2D eigenvalue weighted by molar-refractivity contribution is -0.199. The molecule has 0 radical (unpaired) electrons. The fourth-order valence-electron chi connectivity index (χ4n) is 9.28. The molecule has 4 amide bonds. The lowest BCUT2D eigenvalue weighted by Gasteiger charge is -2.64. The van der Waals surface area contributed by atoms with Crippen molar-refractivity contribution in [1.29, 1.82) is 0 Å². The van der Waals surface area contributed by atoms with Crippen LogP contribution >= 0.6 is 0 Å². The van der Waals surface area contributed by atoms with E-state index >= 15 is 0 Å². The Bertz CT molecular complexity index is 1380. The maximum Gasteiger partial charge on any atom is 0.481 e. The van der Waals surface area contributed by atoms with Crippen LogP contribution in [0.15, 0.2) is 36.4 Å². The minimum Gasteiger partial charge on any atom is -0.444 e. The van der Waals surface area contributed by atoms with Crippen LogP contribution in [0.2, 0.25) is 0 Å². The Morgan fingerprint density at radius 3 is 2.49 bits per heavy atom. The highest BCUT2D eigenvalue weighted by Crippen LogP contribution is 2.65. The normalized spacial score (nSPS) is 36.3. The number of carbonyl (C=O) groups is 3. The number of amides is 4. The molecule has 3 aliphatic carbocycles. The summed E-state index contributed by atoms with van der Waals surface area (Å²) in [7, 11) is 1.22. The minimum absolute atomic E-state index is 0.0204. The Morgan fingerprint density at radius 2 is 1.74 bits per heavy atom. The minimum atomic E-state index is -0.774. The second kappa shape index (κ2) is 12.8. The molecule has 0 aromatic heterocycles. The van der Waals surface area contributed by atoms with Gasteiger partial charge in [0.25, 0.3) is 0 Å². The first-order valence-corrected chi connectivity index (χ1v) is 17.9. The molecule has 1 aromatic carbocycles. The van der Waals surface area contributed by atoms with Crippen molar-refractivity contribution in [2.45, 2.75) is 121 Å². The van der Waals surface area contributed by atoms with Crippen LogP contribution in [-0.2, 0) is 31.9 Å². The zero-order valence-electron chi connectivity index (χ0n) is 28.5. The third-order valence-corrected chi connectivity index (χ3v) is 12.3. The van der Waals surface area contributed by atoms with E-state index in [2.05, 4.69) is 32.2 Å². The quantitative estimate of drug-likeness (QED) is 0.346. The van der Waals surface area contributed by atoms with Crippen molar-refractivity contribution in [2.75, 3.05) is 20.1 Å². The number of hydrogen-bond donors (Lipinski definition) is 1. The average Bonchev–Trinajstić information content (AvgIpc) is 3.76. The molecule has 7 atom stereocenters. The molecular formula is C36H51BN4O6. The number of hydrogen-bond acceptors (Lipinski definition) is 6. The molecule has 7 aliphatic rings. The van der Waals surface area contributed by atoms with E-state index in [4.69, 9.17) is 14.0 Å². The maximum absolute atomic E-state index is 14.2. The summed E-state index contributed by atoms with van der Waals surface area (Å²) in [5.74, 6) is 0.481. The van der Waals surface area contributed by atoms with E-state index in [9.17, 15) is 14.4 Å². The van der Waals surface area contributed by atoms with Crippen LogP contribution in [0, 0.1) is 17.3 Å². The number of likely N-dealkylation sites (N-methyl/N-ethyl adjacent to an activating group) is 1. The number of ether oxygens (including phenoxy) is 1. The molecule has 0 spiro atoms. The number of rotatable bonds is 2. The van der Waals surface area contributed by atoms with Crippen LogP contribution in [0.5, 0.6) is 0 Å². The van der Waals surface area contributed by atoms with Gasteiger partial charge in [-0.1, -0.05) is 69.5 Å². The van der Waals surface area contributed by atoms with Gasteiger partial charge in [0.1, 0.15) is 12.1 Å². The number of allylic oxidation sites excluding steroid dienone is 1. The van der Waals surface area contributed by atoms with Gasteiger partial charge in [-0.15, -0.1) is 0 Å². The lowest BCUT2D eigenvalue weighted by atomic mass is 9.43. The van der Waals surface area contributed by atoms with Crippen LogP contribution < -0.4 is 5.32 Å². The molecule has 4 heterocycles. The molecule has 47 heavy (non-hydrogen) atoms. The predicted octanol–water partition coefficient (Wildman–Crippen LogP) is 5.30. The third-order valence-electron chi connectivity index (χ3n) is 12.3. The van der Waals surface area contributed by atoms with Crippen molar-refractivity contribution < 1.29 is 28.4 Å². The predicted molar refractivity (Wildman–Crippen MR) is 178 cm³/mol. The van der Waals surface area contributed by atoms with Crippen LogP contribution in [0.25, 0.3) is 0 Å². The SMILES string of the molecule is CN1C/C=C/CCCCCC[C@@H](B2OC3C[C@@H]4C[C@@H](C4(C)C)[C@@]3(C)O2)NC(=O)[C@@H]2C[C@@H](OC(=O)N3Cc4ccccc4C3)CN2C1=O. The molecule has 5 fully saturated rings. The van der Waals surface area contributed by atoms with E-state index in [1.165, 1.54) is 0 Å². The molecule has 1 unspecified atom stereocenters. The van der Waals surface area contributed by atoms with Crippen LogP contribution in [0.3, 0.4) is 0 Å². The third kappa shape index (κ3) is 6.07. The number of urea groups is 1. The zero-order chi connectivity index (χ0) is 32.9. The zero-order valence-corrected chi connectivity index (χ0v) is 28.5. The molecule has 1 aromatic rings. The van der Waals surface area contributed by atoms with Gasteiger partial charge in [-0.05, 0) is 67.4 Å². The molecule has 2 saturated heterocycles. The summed E-state index contributed by atoms with van der Waals surface area (Å²) >= 11 is 0. The molecule has 10 nitrogen and oxygen atoms in total. The van der Waals surface area contributed by atoms with Gasteiger partial charge in [0.15, 0.2) is 0 Å². The highest BCUT2D eigenvalue weighted by Gasteiger charge is 2.68. The van der Waals surface area contributed by atoms with Crippen LogP contribution in [0.1, 0.15) is 89.7 Å². The second-order valence-electron chi connectivity index (χ2n) is 15.6. The first kappa shape index (κ1) is 32.5. The van der Waals surface area contributed by atoms with E-state index in [0.29, 0.717) is 31.5 Å². The first-order valence-electron chi connectivity index (χ1n) is 17.9. The van der Waals surface area contributed by atoms with Gasteiger partial charge in [0.05, 0.1) is 24.2 Å². The van der Waals surface area contributed by atoms with Crippen LogP contribution in [0.4, 0.5) is 9.59 Å². The van der Waals surface area contributed by atoms with Gasteiger partial charge >= 0.3 is 19.2 Å². The molecule has 254 valence electrons. The van der Waals surface area contributed by atoms with Crippen molar-refractivity contribution in [2.24, 2.45) is 17.3 Å². The van der Waals surface area contributed by atoms with Gasteiger partial charge in [-0.2, -0.15) is 0 Å². The van der Waals surface area contributed by atoms with Gasteiger partial charge < -0.3 is 29.2 Å². The van der Waals surface area contributed by atoms with Crippen molar-refractivity contribution in [1.82, 2.24) is 20.0 Å². The van der Waals surface area contributed by atoms with Crippen molar-refractivity contribution in [3.63, 3.8) is 0 Å². The molecule has 8 rings (SSSR count). The van der Waals surface area contributed by atoms with Crippen molar-refractivity contribution >= 4 is 25.1 Å². The monoisotopic (exact) mass is 646 g/mol. The largest absolute Gasteiger partial charge is 0.481 e. The highest BCUT2D eigenvalue weighted by molar-refractivity contribution is 6.47. The van der Waals surface area contributed by atoms with Gasteiger partial charge in [0.2, 0.25) is 5.91 Å². The number of nitrogens with zero attached hydrogens (tertiary/aromatic N) is 3. The summed E-state index contributed by atoms with van der Waals surface area (Å²) in [6.07, 6.45) is 11.5. The van der Waals surface area contributed by atoms with Gasteiger partial charge in [-0.3, -0.25) is 9.69 Å². The Labute approximate surface area is 279 Å². The summed E-state index contributed by atoms with van der Waals surface area (Å²) in [6.45, 7) is 8.50.